The fraction of sp³-hybridized carbons (Fsp3) is 0.217. The Morgan fingerprint density at radius 2 is 1.97 bits per heavy atom. The molecule has 2 aliphatic heterocycles. The Morgan fingerprint density at radius 1 is 1.20 bits per heavy atom. The molecule has 4 rings (SSSR count). The number of fused-ring (bicyclic) bond motifs is 1. The molecule has 0 atom stereocenters. The normalized spacial score (nSPS) is 20.4. The molecule has 1 N–H and O–H groups in total. The molecule has 2 aliphatic rings. The SMILES string of the molecule is CC1=CC(C)(C)N(C)c2ccc(/C=C3/SC(=Nc4cccc(Cl)c4Cl)NC3=O)cc21. The third kappa shape index (κ3) is 3.89. The van der Waals surface area contributed by atoms with E-state index < -0.39 is 0 Å². The molecule has 7 heteroatoms. The van der Waals surface area contributed by atoms with E-state index >= 15 is 0 Å². The Bertz CT molecular complexity index is 1150. The summed E-state index contributed by atoms with van der Waals surface area (Å²) in [6.45, 7) is 6.52. The minimum atomic E-state index is -0.180. The van der Waals surface area contributed by atoms with Gasteiger partial charge in [-0.3, -0.25) is 4.79 Å². The van der Waals surface area contributed by atoms with Gasteiger partial charge in [-0.2, -0.15) is 0 Å². The number of anilines is 1. The van der Waals surface area contributed by atoms with E-state index in [-0.39, 0.29) is 11.4 Å². The minimum absolute atomic E-state index is 0.0365. The summed E-state index contributed by atoms with van der Waals surface area (Å²) < 4.78 is 0. The molecule has 2 aromatic rings. The summed E-state index contributed by atoms with van der Waals surface area (Å²) >= 11 is 13.5. The second-order valence-corrected chi connectivity index (χ2v) is 9.69. The summed E-state index contributed by atoms with van der Waals surface area (Å²) in [6.07, 6.45) is 4.15. The van der Waals surface area contributed by atoms with Crippen LogP contribution in [0.25, 0.3) is 11.6 Å². The first-order chi connectivity index (χ1) is 14.2. The van der Waals surface area contributed by atoms with Crippen molar-refractivity contribution in [1.82, 2.24) is 5.32 Å². The van der Waals surface area contributed by atoms with Crippen molar-refractivity contribution in [3.63, 3.8) is 0 Å². The van der Waals surface area contributed by atoms with Crippen molar-refractivity contribution >= 4 is 69.1 Å². The zero-order chi connectivity index (χ0) is 21.6. The maximum Gasteiger partial charge on any atom is 0.264 e. The number of amides is 1. The van der Waals surface area contributed by atoms with E-state index in [1.807, 2.05) is 12.1 Å². The van der Waals surface area contributed by atoms with Crippen LogP contribution < -0.4 is 10.2 Å². The van der Waals surface area contributed by atoms with Crippen LogP contribution in [0, 0.1) is 0 Å². The molecule has 0 bridgehead atoms. The minimum Gasteiger partial charge on any atom is -0.366 e. The van der Waals surface area contributed by atoms with Crippen LogP contribution >= 0.6 is 35.0 Å². The van der Waals surface area contributed by atoms with Gasteiger partial charge < -0.3 is 10.2 Å². The Balaban J connectivity index is 1.63. The molecule has 0 aromatic heterocycles. The highest BCUT2D eigenvalue weighted by Crippen LogP contribution is 2.39. The van der Waals surface area contributed by atoms with Gasteiger partial charge in [0.05, 0.1) is 26.2 Å². The monoisotopic (exact) mass is 457 g/mol. The van der Waals surface area contributed by atoms with Gasteiger partial charge in [0, 0.05) is 18.3 Å². The van der Waals surface area contributed by atoms with Crippen LogP contribution in [-0.4, -0.2) is 23.7 Å². The van der Waals surface area contributed by atoms with E-state index in [9.17, 15) is 4.79 Å². The topological polar surface area (TPSA) is 44.7 Å². The number of rotatable bonds is 2. The predicted octanol–water partition coefficient (Wildman–Crippen LogP) is 6.52. The van der Waals surface area contributed by atoms with Gasteiger partial charge in [-0.25, -0.2) is 4.99 Å². The molecule has 1 saturated heterocycles. The van der Waals surface area contributed by atoms with E-state index in [4.69, 9.17) is 23.2 Å². The molecule has 154 valence electrons. The number of hydrogen-bond acceptors (Lipinski definition) is 4. The zero-order valence-corrected chi connectivity index (χ0v) is 19.4. The highest BCUT2D eigenvalue weighted by atomic mass is 35.5. The van der Waals surface area contributed by atoms with Gasteiger partial charge >= 0.3 is 0 Å². The number of halogens is 2. The molecule has 0 saturated carbocycles. The first-order valence-electron chi connectivity index (χ1n) is 9.47. The van der Waals surface area contributed by atoms with Crippen LogP contribution in [0.15, 0.2) is 52.4 Å². The highest BCUT2D eigenvalue weighted by molar-refractivity contribution is 8.18. The maximum absolute atomic E-state index is 12.5. The molecule has 0 aliphatic carbocycles. The van der Waals surface area contributed by atoms with Crippen molar-refractivity contribution in [1.29, 1.82) is 0 Å². The highest BCUT2D eigenvalue weighted by Gasteiger charge is 2.29. The molecule has 0 radical (unpaired) electrons. The third-order valence-electron chi connectivity index (χ3n) is 5.34. The predicted molar refractivity (Wildman–Crippen MR) is 130 cm³/mol. The number of carbonyl (C=O) groups excluding carboxylic acids is 1. The lowest BCUT2D eigenvalue weighted by molar-refractivity contribution is -0.115. The second-order valence-electron chi connectivity index (χ2n) is 7.87. The van der Waals surface area contributed by atoms with Crippen LogP contribution in [0.5, 0.6) is 0 Å². The Kier molecular flexibility index (Phi) is 5.47. The lowest BCUT2D eigenvalue weighted by atomic mass is 9.88. The summed E-state index contributed by atoms with van der Waals surface area (Å²) in [5.74, 6) is -0.180. The number of hydrogen-bond donors (Lipinski definition) is 1. The summed E-state index contributed by atoms with van der Waals surface area (Å²) in [5, 5.41) is 4.06. The lowest BCUT2D eigenvalue weighted by Crippen LogP contribution is -2.42. The fourth-order valence-corrected chi connectivity index (χ4v) is 4.76. The number of benzene rings is 2. The van der Waals surface area contributed by atoms with Crippen molar-refractivity contribution in [2.24, 2.45) is 4.99 Å². The molecule has 1 fully saturated rings. The number of likely N-dealkylation sites (N-methyl/N-ethyl adjacent to an activating group) is 1. The van der Waals surface area contributed by atoms with E-state index in [1.54, 1.807) is 18.2 Å². The average molecular weight is 458 g/mol. The van der Waals surface area contributed by atoms with E-state index in [2.05, 4.69) is 61.2 Å². The fourth-order valence-electron chi connectivity index (χ4n) is 3.59. The van der Waals surface area contributed by atoms with Crippen LogP contribution in [0.3, 0.4) is 0 Å². The number of aliphatic imine (C=N–C) groups is 1. The quantitative estimate of drug-likeness (QED) is 0.522. The van der Waals surface area contributed by atoms with Crippen molar-refractivity contribution in [3.05, 3.63) is 68.6 Å². The van der Waals surface area contributed by atoms with E-state index in [1.165, 1.54) is 28.6 Å². The van der Waals surface area contributed by atoms with Crippen LogP contribution in [0.2, 0.25) is 10.0 Å². The van der Waals surface area contributed by atoms with Gasteiger partial charge in [-0.1, -0.05) is 41.4 Å². The summed E-state index contributed by atoms with van der Waals surface area (Å²) in [4.78, 5) is 19.8. The number of carbonyl (C=O) groups is 1. The number of amidine groups is 1. The molecular weight excluding hydrogens is 437 g/mol. The number of nitrogens with zero attached hydrogens (tertiary/aromatic N) is 2. The molecular formula is C23H21Cl2N3OS. The third-order valence-corrected chi connectivity index (χ3v) is 7.06. The Hall–Kier alpha value is -2.21. The number of allylic oxidation sites excluding steroid dienone is 1. The summed E-state index contributed by atoms with van der Waals surface area (Å²) in [7, 11) is 2.10. The van der Waals surface area contributed by atoms with Crippen LogP contribution in [-0.2, 0) is 4.79 Å². The molecule has 2 aromatic carbocycles. The first-order valence-corrected chi connectivity index (χ1v) is 11.0. The van der Waals surface area contributed by atoms with E-state index in [0.717, 1.165) is 5.56 Å². The first kappa shape index (κ1) is 21.0. The van der Waals surface area contributed by atoms with Gasteiger partial charge in [-0.05, 0) is 74.0 Å². The smallest absolute Gasteiger partial charge is 0.264 e. The van der Waals surface area contributed by atoms with Crippen molar-refractivity contribution in [3.8, 4) is 0 Å². The molecule has 4 nitrogen and oxygen atoms in total. The lowest BCUT2D eigenvalue weighted by Gasteiger charge is -2.40. The Labute approximate surface area is 190 Å². The van der Waals surface area contributed by atoms with Crippen LogP contribution in [0.4, 0.5) is 11.4 Å². The molecule has 30 heavy (non-hydrogen) atoms. The molecule has 1 amide bonds. The van der Waals surface area contributed by atoms with Gasteiger partial charge in [0.1, 0.15) is 0 Å². The van der Waals surface area contributed by atoms with Crippen molar-refractivity contribution in [2.75, 3.05) is 11.9 Å². The zero-order valence-electron chi connectivity index (χ0n) is 17.1. The van der Waals surface area contributed by atoms with Gasteiger partial charge in [0.25, 0.3) is 5.91 Å². The van der Waals surface area contributed by atoms with Gasteiger partial charge in [-0.15, -0.1) is 0 Å². The summed E-state index contributed by atoms with van der Waals surface area (Å²) in [5.41, 5.74) is 5.04. The largest absolute Gasteiger partial charge is 0.366 e. The maximum atomic E-state index is 12.5. The van der Waals surface area contributed by atoms with Gasteiger partial charge in [0.15, 0.2) is 5.17 Å². The van der Waals surface area contributed by atoms with Crippen LogP contribution in [0.1, 0.15) is 31.9 Å². The Morgan fingerprint density at radius 3 is 2.73 bits per heavy atom. The number of nitrogens with one attached hydrogen (secondary N) is 1. The average Bonchev–Trinajstić information content (AvgIpc) is 3.02. The second kappa shape index (κ2) is 7.80. The molecule has 2 heterocycles. The van der Waals surface area contributed by atoms with Gasteiger partial charge in [0.2, 0.25) is 0 Å². The summed E-state index contributed by atoms with van der Waals surface area (Å²) in [6, 6.07) is 11.5. The van der Waals surface area contributed by atoms with E-state index in [0.29, 0.717) is 25.8 Å². The van der Waals surface area contributed by atoms with Crippen molar-refractivity contribution in [2.45, 2.75) is 26.3 Å². The standard InChI is InChI=1S/C23H21Cl2N3OS/c1-13-12-23(2,3)28(4)18-9-8-14(10-15(13)18)11-19-21(29)27-22(30-19)26-17-7-5-6-16(24)20(17)25/h5-12H,1-4H3,(H,26,27,29)/b19-11+. The number of thioether (sulfide) groups is 1. The molecule has 0 spiro atoms. The molecule has 0 unspecified atom stereocenters. The van der Waals surface area contributed by atoms with Crippen molar-refractivity contribution < 1.29 is 4.79 Å².